The predicted octanol–water partition coefficient (Wildman–Crippen LogP) is 1.23. The molecule has 88 valence electrons. The standard InChI is InChI=1S/C11H15ClN2O2/c1-7-3-9(12)4-8(11(7)16-2)6-14-10(15)5-13/h3-4H,5-6,13H2,1-2H3,(H,14,15). The van der Waals surface area contributed by atoms with Crippen LogP contribution in [0.4, 0.5) is 0 Å². The number of benzene rings is 1. The third-order valence-corrected chi connectivity index (χ3v) is 2.40. The maximum atomic E-state index is 11.0. The Labute approximate surface area is 99.7 Å². The smallest absolute Gasteiger partial charge is 0.234 e. The molecule has 0 aliphatic carbocycles. The van der Waals surface area contributed by atoms with Crippen molar-refractivity contribution in [3.05, 3.63) is 28.3 Å². The minimum Gasteiger partial charge on any atom is -0.496 e. The van der Waals surface area contributed by atoms with Crippen LogP contribution in [0.15, 0.2) is 12.1 Å². The van der Waals surface area contributed by atoms with E-state index in [0.717, 1.165) is 16.9 Å². The number of amides is 1. The first-order valence-electron chi connectivity index (χ1n) is 4.88. The Kier molecular flexibility index (Phi) is 4.58. The average Bonchev–Trinajstić information content (AvgIpc) is 2.25. The molecule has 0 atom stereocenters. The molecular weight excluding hydrogens is 228 g/mol. The molecule has 1 aromatic carbocycles. The van der Waals surface area contributed by atoms with Gasteiger partial charge in [-0.1, -0.05) is 11.6 Å². The molecule has 1 aromatic rings. The van der Waals surface area contributed by atoms with Crippen molar-refractivity contribution in [2.24, 2.45) is 5.73 Å². The van der Waals surface area contributed by atoms with Crippen LogP contribution in [0.25, 0.3) is 0 Å². The normalized spacial score (nSPS) is 10.0. The Balaban J connectivity index is 2.89. The number of hydrogen-bond donors (Lipinski definition) is 2. The van der Waals surface area contributed by atoms with Gasteiger partial charge >= 0.3 is 0 Å². The fraction of sp³-hybridized carbons (Fsp3) is 0.364. The molecule has 16 heavy (non-hydrogen) atoms. The molecule has 1 amide bonds. The molecule has 0 bridgehead atoms. The lowest BCUT2D eigenvalue weighted by molar-refractivity contribution is -0.119. The Bertz CT molecular complexity index is 394. The van der Waals surface area contributed by atoms with Crippen LogP contribution in [-0.4, -0.2) is 19.6 Å². The second-order valence-electron chi connectivity index (χ2n) is 3.40. The largest absolute Gasteiger partial charge is 0.496 e. The second-order valence-corrected chi connectivity index (χ2v) is 3.83. The molecule has 0 radical (unpaired) electrons. The number of rotatable bonds is 4. The summed E-state index contributed by atoms with van der Waals surface area (Å²) in [7, 11) is 1.59. The van der Waals surface area contributed by atoms with E-state index in [4.69, 9.17) is 22.1 Å². The molecule has 0 unspecified atom stereocenters. The molecule has 0 spiro atoms. The zero-order valence-electron chi connectivity index (χ0n) is 9.34. The SMILES string of the molecule is COc1c(C)cc(Cl)cc1CNC(=O)CN. The van der Waals surface area contributed by atoms with E-state index in [1.807, 2.05) is 13.0 Å². The maximum Gasteiger partial charge on any atom is 0.234 e. The number of aryl methyl sites for hydroxylation is 1. The Morgan fingerprint density at radius 3 is 2.81 bits per heavy atom. The van der Waals surface area contributed by atoms with Crippen LogP contribution >= 0.6 is 11.6 Å². The molecule has 4 nitrogen and oxygen atoms in total. The Morgan fingerprint density at radius 1 is 1.56 bits per heavy atom. The molecule has 0 aliphatic heterocycles. The summed E-state index contributed by atoms with van der Waals surface area (Å²) in [5.41, 5.74) is 6.98. The summed E-state index contributed by atoms with van der Waals surface area (Å²) in [5.74, 6) is 0.529. The van der Waals surface area contributed by atoms with E-state index < -0.39 is 0 Å². The fourth-order valence-electron chi connectivity index (χ4n) is 1.49. The molecular formula is C11H15ClN2O2. The van der Waals surface area contributed by atoms with Gasteiger partial charge < -0.3 is 15.8 Å². The summed E-state index contributed by atoms with van der Waals surface area (Å²) in [4.78, 5) is 11.0. The number of halogens is 1. The summed E-state index contributed by atoms with van der Waals surface area (Å²) in [5, 5.41) is 3.30. The van der Waals surface area contributed by atoms with Gasteiger partial charge in [0.15, 0.2) is 0 Å². The number of ether oxygens (including phenoxy) is 1. The third-order valence-electron chi connectivity index (χ3n) is 2.18. The highest BCUT2D eigenvalue weighted by atomic mass is 35.5. The lowest BCUT2D eigenvalue weighted by atomic mass is 10.1. The number of nitrogens with two attached hydrogens (primary N) is 1. The van der Waals surface area contributed by atoms with E-state index in [1.54, 1.807) is 13.2 Å². The number of carbonyl (C=O) groups excluding carboxylic acids is 1. The molecule has 1 rings (SSSR count). The van der Waals surface area contributed by atoms with Crippen LogP contribution < -0.4 is 15.8 Å². The molecule has 5 heteroatoms. The maximum absolute atomic E-state index is 11.0. The van der Waals surface area contributed by atoms with Crippen LogP contribution in [0, 0.1) is 6.92 Å². The fourth-order valence-corrected chi connectivity index (χ4v) is 1.78. The van der Waals surface area contributed by atoms with Crippen LogP contribution in [0.2, 0.25) is 5.02 Å². The van der Waals surface area contributed by atoms with Gasteiger partial charge in [0.1, 0.15) is 5.75 Å². The van der Waals surface area contributed by atoms with Gasteiger partial charge in [-0.25, -0.2) is 0 Å². The van der Waals surface area contributed by atoms with Crippen molar-refractivity contribution in [3.8, 4) is 5.75 Å². The number of nitrogens with one attached hydrogen (secondary N) is 1. The van der Waals surface area contributed by atoms with E-state index in [2.05, 4.69) is 5.32 Å². The lowest BCUT2D eigenvalue weighted by Crippen LogP contribution is -2.29. The van der Waals surface area contributed by atoms with E-state index in [1.165, 1.54) is 0 Å². The van der Waals surface area contributed by atoms with E-state index in [-0.39, 0.29) is 12.5 Å². The first-order valence-corrected chi connectivity index (χ1v) is 5.26. The first-order chi connectivity index (χ1) is 7.58. The van der Waals surface area contributed by atoms with Crippen LogP contribution in [0.3, 0.4) is 0 Å². The summed E-state index contributed by atoms with van der Waals surface area (Å²) in [6, 6.07) is 3.58. The molecule has 0 aromatic heterocycles. The summed E-state index contributed by atoms with van der Waals surface area (Å²) in [6.07, 6.45) is 0. The van der Waals surface area contributed by atoms with E-state index >= 15 is 0 Å². The van der Waals surface area contributed by atoms with Crippen LogP contribution in [0.1, 0.15) is 11.1 Å². The number of carbonyl (C=O) groups is 1. The van der Waals surface area contributed by atoms with Gasteiger partial charge in [0.2, 0.25) is 5.91 Å². The van der Waals surface area contributed by atoms with Gasteiger partial charge in [0, 0.05) is 17.1 Å². The van der Waals surface area contributed by atoms with Crippen molar-refractivity contribution in [2.75, 3.05) is 13.7 Å². The van der Waals surface area contributed by atoms with Crippen molar-refractivity contribution in [1.82, 2.24) is 5.32 Å². The molecule has 0 heterocycles. The van der Waals surface area contributed by atoms with Gasteiger partial charge in [0.25, 0.3) is 0 Å². The van der Waals surface area contributed by atoms with Gasteiger partial charge in [0.05, 0.1) is 13.7 Å². The van der Waals surface area contributed by atoms with Crippen molar-refractivity contribution in [1.29, 1.82) is 0 Å². The van der Waals surface area contributed by atoms with E-state index in [0.29, 0.717) is 11.6 Å². The third kappa shape index (κ3) is 3.12. The topological polar surface area (TPSA) is 64.3 Å². The molecule has 0 saturated carbocycles. The zero-order valence-corrected chi connectivity index (χ0v) is 10.1. The number of methoxy groups -OCH3 is 1. The van der Waals surface area contributed by atoms with Crippen molar-refractivity contribution in [3.63, 3.8) is 0 Å². The quantitative estimate of drug-likeness (QED) is 0.835. The van der Waals surface area contributed by atoms with Gasteiger partial charge in [-0.3, -0.25) is 4.79 Å². The highest BCUT2D eigenvalue weighted by molar-refractivity contribution is 6.30. The second kappa shape index (κ2) is 5.72. The van der Waals surface area contributed by atoms with Gasteiger partial charge in [-0.15, -0.1) is 0 Å². The average molecular weight is 243 g/mol. The number of hydrogen-bond acceptors (Lipinski definition) is 3. The monoisotopic (exact) mass is 242 g/mol. The van der Waals surface area contributed by atoms with Crippen molar-refractivity contribution in [2.45, 2.75) is 13.5 Å². The summed E-state index contributed by atoms with van der Waals surface area (Å²) < 4.78 is 5.26. The lowest BCUT2D eigenvalue weighted by Gasteiger charge is -2.12. The Hall–Kier alpha value is -1.26. The minimum absolute atomic E-state index is 0.0259. The molecule has 0 saturated heterocycles. The summed E-state index contributed by atoms with van der Waals surface area (Å²) >= 11 is 5.94. The van der Waals surface area contributed by atoms with Crippen molar-refractivity contribution < 1.29 is 9.53 Å². The van der Waals surface area contributed by atoms with Crippen LogP contribution in [0.5, 0.6) is 5.75 Å². The van der Waals surface area contributed by atoms with Gasteiger partial charge in [-0.05, 0) is 24.6 Å². The highest BCUT2D eigenvalue weighted by Gasteiger charge is 2.08. The zero-order chi connectivity index (χ0) is 12.1. The summed E-state index contributed by atoms with van der Waals surface area (Å²) in [6.45, 7) is 2.24. The highest BCUT2D eigenvalue weighted by Crippen LogP contribution is 2.27. The minimum atomic E-state index is -0.209. The predicted molar refractivity (Wildman–Crippen MR) is 63.6 cm³/mol. The van der Waals surface area contributed by atoms with Crippen molar-refractivity contribution >= 4 is 17.5 Å². The molecule has 0 aliphatic rings. The molecule has 3 N–H and O–H groups in total. The first kappa shape index (κ1) is 12.8. The molecule has 0 fully saturated rings. The van der Waals surface area contributed by atoms with Crippen LogP contribution in [-0.2, 0) is 11.3 Å². The van der Waals surface area contributed by atoms with E-state index in [9.17, 15) is 4.79 Å². The Morgan fingerprint density at radius 2 is 2.25 bits per heavy atom. The van der Waals surface area contributed by atoms with Gasteiger partial charge in [-0.2, -0.15) is 0 Å².